The van der Waals surface area contributed by atoms with Crippen LogP contribution >= 0.6 is 0 Å². The molecule has 3 aromatic rings. The van der Waals surface area contributed by atoms with E-state index >= 15 is 0 Å². The molecule has 0 spiro atoms. The van der Waals surface area contributed by atoms with Gasteiger partial charge in [0.2, 0.25) is 0 Å². The Hall–Kier alpha value is -3.09. The van der Waals surface area contributed by atoms with Crippen LogP contribution in [-0.2, 0) is 18.0 Å². The number of fused-ring (bicyclic) bond motifs is 1. The van der Waals surface area contributed by atoms with E-state index in [1.54, 1.807) is 35.9 Å². The van der Waals surface area contributed by atoms with Gasteiger partial charge in [0.05, 0.1) is 16.8 Å². The number of hydrogen-bond acceptors (Lipinski definition) is 2. The zero-order valence-electron chi connectivity index (χ0n) is 13.1. The highest BCUT2D eigenvalue weighted by Gasteiger charge is 2.34. The van der Waals surface area contributed by atoms with Crippen molar-refractivity contribution in [2.24, 2.45) is 7.05 Å². The average Bonchev–Trinajstić information content (AvgIpc) is 2.91. The molecule has 0 saturated heterocycles. The molecule has 25 heavy (non-hydrogen) atoms. The molecule has 1 N–H and O–H groups in total. The summed E-state index contributed by atoms with van der Waals surface area (Å²) in [6.07, 6.45) is -3.14. The molecule has 128 valence electrons. The van der Waals surface area contributed by atoms with Crippen molar-refractivity contribution in [2.75, 3.05) is 5.32 Å². The van der Waals surface area contributed by atoms with Crippen molar-refractivity contribution in [3.05, 3.63) is 65.9 Å². The van der Waals surface area contributed by atoms with Gasteiger partial charge in [0.1, 0.15) is 0 Å². The van der Waals surface area contributed by atoms with Crippen LogP contribution in [0, 0.1) is 0 Å². The van der Waals surface area contributed by atoms with Gasteiger partial charge in [-0.1, -0.05) is 30.3 Å². The molecule has 0 atom stereocenters. The summed E-state index contributed by atoms with van der Waals surface area (Å²) in [5.41, 5.74) is -0.572. The maximum Gasteiger partial charge on any atom is 0.418 e. The third-order valence-electron chi connectivity index (χ3n) is 3.83. The van der Waals surface area contributed by atoms with E-state index < -0.39 is 29.1 Å². The summed E-state index contributed by atoms with van der Waals surface area (Å²) in [6.45, 7) is 0. The topological polar surface area (TPSA) is 51.1 Å². The lowest BCUT2D eigenvalue weighted by Gasteiger charge is -2.12. The lowest BCUT2D eigenvalue weighted by atomic mass is 10.1. The largest absolute Gasteiger partial charge is 0.418 e. The van der Waals surface area contributed by atoms with Crippen molar-refractivity contribution in [3.63, 3.8) is 0 Å². The molecule has 0 bridgehead atoms. The minimum absolute atomic E-state index is 0.139. The van der Waals surface area contributed by atoms with Gasteiger partial charge in [0.15, 0.2) is 0 Å². The highest BCUT2D eigenvalue weighted by Crippen LogP contribution is 2.34. The summed E-state index contributed by atoms with van der Waals surface area (Å²) in [6, 6.07) is 11.5. The lowest BCUT2D eigenvalue weighted by Crippen LogP contribution is -2.24. The maximum atomic E-state index is 13.0. The predicted molar refractivity (Wildman–Crippen MR) is 87.3 cm³/mol. The highest BCUT2D eigenvalue weighted by atomic mass is 19.4. The second-order valence-corrected chi connectivity index (χ2v) is 5.50. The van der Waals surface area contributed by atoms with Crippen molar-refractivity contribution in [1.29, 1.82) is 0 Å². The van der Waals surface area contributed by atoms with Gasteiger partial charge in [-0.2, -0.15) is 13.2 Å². The zero-order chi connectivity index (χ0) is 18.2. The summed E-state index contributed by atoms with van der Waals surface area (Å²) in [4.78, 5) is 24.6. The SMILES string of the molecule is Cn1cc(C(=O)C(=O)Nc2ccccc2C(F)(F)F)c2ccccc21. The van der Waals surface area contributed by atoms with Gasteiger partial charge in [0.25, 0.3) is 11.7 Å². The van der Waals surface area contributed by atoms with E-state index in [4.69, 9.17) is 0 Å². The van der Waals surface area contributed by atoms with E-state index in [1.165, 1.54) is 18.3 Å². The number of alkyl halides is 3. The van der Waals surface area contributed by atoms with Crippen molar-refractivity contribution >= 4 is 28.3 Å². The van der Waals surface area contributed by atoms with E-state index in [1.807, 2.05) is 0 Å². The number of para-hydroxylation sites is 2. The summed E-state index contributed by atoms with van der Waals surface area (Å²) in [7, 11) is 1.72. The quantitative estimate of drug-likeness (QED) is 0.575. The number of nitrogens with zero attached hydrogens (tertiary/aromatic N) is 1. The van der Waals surface area contributed by atoms with Crippen LogP contribution in [0.2, 0.25) is 0 Å². The Kier molecular flexibility index (Phi) is 4.08. The van der Waals surface area contributed by atoms with Crippen LogP contribution in [0.5, 0.6) is 0 Å². The molecule has 1 aromatic heterocycles. The minimum Gasteiger partial charge on any atom is -0.350 e. The standard InChI is InChI=1S/C18H13F3N2O2/c1-23-10-12(11-6-2-5-9-15(11)23)16(24)17(25)22-14-8-4-3-7-13(14)18(19,20)21/h2-10H,1H3,(H,22,25). The predicted octanol–water partition coefficient (Wildman–Crippen LogP) is 4.02. The Morgan fingerprint density at radius 2 is 1.64 bits per heavy atom. The number of anilines is 1. The number of rotatable bonds is 3. The fourth-order valence-electron chi connectivity index (χ4n) is 2.66. The zero-order valence-corrected chi connectivity index (χ0v) is 13.1. The first-order valence-corrected chi connectivity index (χ1v) is 7.35. The lowest BCUT2D eigenvalue weighted by molar-refractivity contribution is -0.137. The summed E-state index contributed by atoms with van der Waals surface area (Å²) in [5, 5.41) is 2.64. The van der Waals surface area contributed by atoms with Crippen LogP contribution in [-0.4, -0.2) is 16.3 Å². The van der Waals surface area contributed by atoms with E-state index in [9.17, 15) is 22.8 Å². The van der Waals surface area contributed by atoms with Gasteiger partial charge in [-0.25, -0.2) is 0 Å². The molecule has 3 rings (SSSR count). The third-order valence-corrected chi connectivity index (χ3v) is 3.83. The monoisotopic (exact) mass is 346 g/mol. The van der Waals surface area contributed by atoms with Gasteiger partial charge < -0.3 is 9.88 Å². The average molecular weight is 346 g/mol. The van der Waals surface area contributed by atoms with Gasteiger partial charge >= 0.3 is 6.18 Å². The number of nitrogens with one attached hydrogen (secondary N) is 1. The van der Waals surface area contributed by atoms with Crippen LogP contribution in [0.15, 0.2) is 54.7 Å². The Bertz CT molecular complexity index is 974. The maximum absolute atomic E-state index is 13.0. The Labute approximate surface area is 140 Å². The number of benzene rings is 2. The molecule has 0 aliphatic carbocycles. The molecule has 1 amide bonds. The van der Waals surface area contributed by atoms with Crippen molar-refractivity contribution < 1.29 is 22.8 Å². The number of amides is 1. The second-order valence-electron chi connectivity index (χ2n) is 5.50. The number of aromatic nitrogens is 1. The Balaban J connectivity index is 1.93. The Morgan fingerprint density at radius 3 is 2.36 bits per heavy atom. The third kappa shape index (κ3) is 3.13. The van der Waals surface area contributed by atoms with E-state index in [2.05, 4.69) is 5.32 Å². The number of aryl methyl sites for hydroxylation is 1. The normalized spacial score (nSPS) is 11.5. The number of carbonyl (C=O) groups is 2. The van der Waals surface area contributed by atoms with Crippen LogP contribution < -0.4 is 5.32 Å². The first-order chi connectivity index (χ1) is 11.8. The van der Waals surface area contributed by atoms with Gasteiger partial charge in [0, 0.05) is 24.1 Å². The molecule has 0 aliphatic heterocycles. The molecular formula is C18H13F3N2O2. The molecule has 0 radical (unpaired) electrons. The van der Waals surface area contributed by atoms with Gasteiger partial charge in [-0.3, -0.25) is 9.59 Å². The molecule has 0 fully saturated rings. The van der Waals surface area contributed by atoms with Crippen molar-refractivity contribution in [1.82, 2.24) is 4.57 Å². The summed E-state index contributed by atoms with van der Waals surface area (Å²) in [5.74, 6) is -2.01. The van der Waals surface area contributed by atoms with Crippen molar-refractivity contribution in [3.8, 4) is 0 Å². The molecule has 4 nitrogen and oxygen atoms in total. The molecular weight excluding hydrogens is 333 g/mol. The first kappa shape index (κ1) is 16.8. The highest BCUT2D eigenvalue weighted by molar-refractivity contribution is 6.48. The van der Waals surface area contributed by atoms with Crippen LogP contribution in [0.25, 0.3) is 10.9 Å². The van der Waals surface area contributed by atoms with E-state index in [-0.39, 0.29) is 5.56 Å². The number of halogens is 3. The van der Waals surface area contributed by atoms with Crippen LogP contribution in [0.1, 0.15) is 15.9 Å². The molecule has 7 heteroatoms. The Morgan fingerprint density at radius 1 is 1.00 bits per heavy atom. The molecule has 0 unspecified atom stereocenters. The van der Waals surface area contributed by atoms with Gasteiger partial charge in [-0.15, -0.1) is 0 Å². The molecule has 1 heterocycles. The second kappa shape index (κ2) is 6.08. The fraction of sp³-hybridized carbons (Fsp3) is 0.111. The van der Waals surface area contributed by atoms with Crippen molar-refractivity contribution in [2.45, 2.75) is 6.18 Å². The minimum atomic E-state index is -4.63. The summed E-state index contributed by atoms with van der Waals surface area (Å²) >= 11 is 0. The van der Waals surface area contributed by atoms with Crippen LogP contribution in [0.3, 0.4) is 0 Å². The summed E-state index contributed by atoms with van der Waals surface area (Å²) < 4.78 is 40.7. The fourth-order valence-corrected chi connectivity index (χ4v) is 2.66. The van der Waals surface area contributed by atoms with Crippen LogP contribution in [0.4, 0.5) is 18.9 Å². The number of Topliss-reactive ketones (excluding diaryl/α,β-unsaturated/α-hetero) is 1. The van der Waals surface area contributed by atoms with Gasteiger partial charge in [-0.05, 0) is 18.2 Å². The number of ketones is 1. The van der Waals surface area contributed by atoms with E-state index in [0.29, 0.717) is 5.39 Å². The molecule has 2 aromatic carbocycles. The molecule has 0 aliphatic rings. The number of hydrogen-bond donors (Lipinski definition) is 1. The smallest absolute Gasteiger partial charge is 0.350 e. The number of carbonyl (C=O) groups excluding carboxylic acids is 2. The molecule has 0 saturated carbocycles. The van der Waals surface area contributed by atoms with E-state index in [0.717, 1.165) is 17.6 Å². The first-order valence-electron chi connectivity index (χ1n) is 7.35.